The molecular formula is C20H20BrN3O3S. The zero-order valence-electron chi connectivity index (χ0n) is 15.5. The van der Waals surface area contributed by atoms with E-state index >= 15 is 0 Å². The van der Waals surface area contributed by atoms with Crippen molar-refractivity contribution in [3.63, 3.8) is 0 Å². The number of thiocarbonyl (C=S) groups is 1. The van der Waals surface area contributed by atoms with E-state index in [9.17, 15) is 4.79 Å². The summed E-state index contributed by atoms with van der Waals surface area (Å²) in [6.45, 7) is 2.04. The van der Waals surface area contributed by atoms with Gasteiger partial charge in [-0.15, -0.1) is 0 Å². The van der Waals surface area contributed by atoms with E-state index in [1.165, 1.54) is 0 Å². The van der Waals surface area contributed by atoms with Crippen LogP contribution >= 0.6 is 28.1 Å². The van der Waals surface area contributed by atoms with Crippen LogP contribution in [-0.2, 0) is 4.79 Å². The summed E-state index contributed by atoms with van der Waals surface area (Å²) in [7, 11) is 1.62. The number of nitrogens with zero attached hydrogens (tertiary/aromatic N) is 1. The predicted molar refractivity (Wildman–Crippen MR) is 118 cm³/mol. The van der Waals surface area contributed by atoms with Crippen molar-refractivity contribution in [2.24, 2.45) is 0 Å². The maximum atomic E-state index is 11.8. The molecule has 146 valence electrons. The monoisotopic (exact) mass is 461 g/mol. The van der Waals surface area contributed by atoms with Gasteiger partial charge in [-0.3, -0.25) is 4.79 Å². The van der Waals surface area contributed by atoms with E-state index in [1.54, 1.807) is 7.11 Å². The standard InChI is InChI=1S/C20H20BrN3O3S/c1-3-4-5-18(25)24-20(28)22-13-7-9-17-15(11-13)23-19(27-17)12-6-8-16(26-2)14(21)10-12/h6-11H,3-5H2,1-2H3,(H2,22,24,25,28). The van der Waals surface area contributed by atoms with Crippen molar-refractivity contribution in [3.8, 4) is 17.2 Å². The number of carbonyl (C=O) groups excluding carboxylic acids is 1. The molecule has 0 unspecified atom stereocenters. The molecule has 2 aromatic carbocycles. The van der Waals surface area contributed by atoms with Gasteiger partial charge in [-0.25, -0.2) is 4.98 Å². The second kappa shape index (κ2) is 9.16. The molecule has 0 aliphatic rings. The summed E-state index contributed by atoms with van der Waals surface area (Å²) in [5.41, 5.74) is 2.90. The number of aromatic nitrogens is 1. The van der Waals surface area contributed by atoms with Gasteiger partial charge in [0.25, 0.3) is 0 Å². The first kappa shape index (κ1) is 20.3. The molecule has 0 spiro atoms. The molecule has 2 N–H and O–H groups in total. The predicted octanol–water partition coefficient (Wildman–Crippen LogP) is 5.27. The van der Waals surface area contributed by atoms with Gasteiger partial charge in [-0.05, 0) is 71.0 Å². The largest absolute Gasteiger partial charge is 0.496 e. The first-order valence-electron chi connectivity index (χ1n) is 8.85. The summed E-state index contributed by atoms with van der Waals surface area (Å²) >= 11 is 8.67. The lowest BCUT2D eigenvalue weighted by atomic mass is 10.2. The van der Waals surface area contributed by atoms with E-state index in [-0.39, 0.29) is 11.0 Å². The van der Waals surface area contributed by atoms with Crippen molar-refractivity contribution in [1.82, 2.24) is 10.3 Å². The summed E-state index contributed by atoms with van der Waals surface area (Å²) in [6.07, 6.45) is 2.26. The minimum Gasteiger partial charge on any atom is -0.496 e. The highest BCUT2D eigenvalue weighted by Gasteiger charge is 2.12. The molecule has 28 heavy (non-hydrogen) atoms. The first-order chi connectivity index (χ1) is 13.5. The van der Waals surface area contributed by atoms with E-state index in [4.69, 9.17) is 21.4 Å². The van der Waals surface area contributed by atoms with Crippen molar-refractivity contribution >= 4 is 56.0 Å². The summed E-state index contributed by atoms with van der Waals surface area (Å²) in [5, 5.41) is 5.96. The molecule has 3 rings (SSSR count). The number of hydrogen-bond acceptors (Lipinski definition) is 5. The van der Waals surface area contributed by atoms with Gasteiger partial charge in [0, 0.05) is 17.7 Å². The number of rotatable bonds is 6. The summed E-state index contributed by atoms with van der Waals surface area (Å²) < 4.78 is 11.9. The molecule has 0 atom stereocenters. The Kier molecular flexibility index (Phi) is 6.64. The van der Waals surface area contributed by atoms with Crippen LogP contribution in [0.1, 0.15) is 26.2 Å². The summed E-state index contributed by atoms with van der Waals surface area (Å²) in [6, 6.07) is 11.1. The van der Waals surface area contributed by atoms with Gasteiger partial charge < -0.3 is 19.8 Å². The average molecular weight is 462 g/mol. The first-order valence-corrected chi connectivity index (χ1v) is 10.1. The molecule has 1 aromatic heterocycles. The lowest BCUT2D eigenvalue weighted by Crippen LogP contribution is -2.33. The van der Waals surface area contributed by atoms with Crippen LogP contribution in [0.15, 0.2) is 45.3 Å². The summed E-state index contributed by atoms with van der Waals surface area (Å²) in [4.78, 5) is 16.3. The molecule has 3 aromatic rings. The van der Waals surface area contributed by atoms with Crippen LogP contribution in [-0.4, -0.2) is 23.1 Å². The number of anilines is 1. The number of amides is 1. The van der Waals surface area contributed by atoms with E-state index in [2.05, 4.69) is 31.5 Å². The van der Waals surface area contributed by atoms with E-state index < -0.39 is 0 Å². The van der Waals surface area contributed by atoms with Crippen molar-refractivity contribution in [3.05, 3.63) is 40.9 Å². The lowest BCUT2D eigenvalue weighted by molar-refractivity contribution is -0.119. The van der Waals surface area contributed by atoms with Gasteiger partial charge >= 0.3 is 0 Å². The second-order valence-corrected chi connectivity index (χ2v) is 7.42. The maximum Gasteiger partial charge on any atom is 0.227 e. The molecular weight excluding hydrogens is 442 g/mol. The van der Waals surface area contributed by atoms with Gasteiger partial charge in [0.1, 0.15) is 11.3 Å². The topological polar surface area (TPSA) is 76.4 Å². The van der Waals surface area contributed by atoms with Crippen LogP contribution < -0.4 is 15.4 Å². The minimum atomic E-state index is -0.0887. The maximum absolute atomic E-state index is 11.8. The van der Waals surface area contributed by atoms with Gasteiger partial charge in [0.15, 0.2) is 10.7 Å². The van der Waals surface area contributed by atoms with Crippen molar-refractivity contribution in [2.45, 2.75) is 26.2 Å². The Balaban J connectivity index is 1.75. The number of oxazole rings is 1. The zero-order chi connectivity index (χ0) is 20.1. The third-order valence-corrected chi connectivity index (χ3v) is 4.88. The SMILES string of the molecule is CCCCC(=O)NC(=S)Nc1ccc2oc(-c3ccc(OC)c(Br)c3)nc2c1. The molecule has 1 amide bonds. The number of hydrogen-bond donors (Lipinski definition) is 2. The molecule has 0 aliphatic carbocycles. The molecule has 1 heterocycles. The Hall–Kier alpha value is -2.45. The molecule has 6 nitrogen and oxygen atoms in total. The smallest absolute Gasteiger partial charge is 0.227 e. The van der Waals surface area contributed by atoms with Crippen molar-refractivity contribution < 1.29 is 13.9 Å². The van der Waals surface area contributed by atoms with Crippen LogP contribution in [0, 0.1) is 0 Å². The highest BCUT2D eigenvalue weighted by atomic mass is 79.9. The Labute approximate surface area is 176 Å². The van der Waals surface area contributed by atoms with Crippen molar-refractivity contribution in [1.29, 1.82) is 0 Å². The highest BCUT2D eigenvalue weighted by Crippen LogP contribution is 2.32. The molecule has 0 radical (unpaired) electrons. The number of halogens is 1. The number of ether oxygens (including phenoxy) is 1. The number of unbranched alkanes of at least 4 members (excludes halogenated alkanes) is 1. The molecule has 0 bridgehead atoms. The molecule has 0 saturated carbocycles. The Morgan fingerprint density at radius 1 is 1.29 bits per heavy atom. The third-order valence-electron chi connectivity index (χ3n) is 4.05. The molecule has 0 saturated heterocycles. The lowest BCUT2D eigenvalue weighted by Gasteiger charge is -2.09. The van der Waals surface area contributed by atoms with Gasteiger partial charge in [-0.1, -0.05) is 13.3 Å². The van der Waals surface area contributed by atoms with E-state index in [1.807, 2.05) is 43.3 Å². The number of carbonyl (C=O) groups is 1. The number of fused-ring (bicyclic) bond motifs is 1. The number of nitrogens with one attached hydrogen (secondary N) is 2. The van der Waals surface area contributed by atoms with E-state index in [0.717, 1.165) is 34.3 Å². The van der Waals surface area contributed by atoms with Crippen LogP contribution in [0.2, 0.25) is 0 Å². The number of benzene rings is 2. The van der Waals surface area contributed by atoms with Gasteiger partial charge in [-0.2, -0.15) is 0 Å². The fourth-order valence-electron chi connectivity index (χ4n) is 2.62. The normalized spacial score (nSPS) is 10.7. The van der Waals surface area contributed by atoms with Crippen LogP contribution in [0.4, 0.5) is 5.69 Å². The third kappa shape index (κ3) is 4.88. The molecule has 0 aliphatic heterocycles. The fraction of sp³-hybridized carbons (Fsp3) is 0.250. The average Bonchev–Trinajstić information content (AvgIpc) is 3.09. The number of methoxy groups -OCH3 is 1. The van der Waals surface area contributed by atoms with Crippen LogP contribution in [0.3, 0.4) is 0 Å². The van der Waals surface area contributed by atoms with Crippen molar-refractivity contribution in [2.75, 3.05) is 12.4 Å². The van der Waals surface area contributed by atoms with Crippen LogP contribution in [0.25, 0.3) is 22.6 Å². The van der Waals surface area contributed by atoms with Gasteiger partial charge in [0.2, 0.25) is 11.8 Å². The van der Waals surface area contributed by atoms with E-state index in [0.29, 0.717) is 23.4 Å². The Morgan fingerprint density at radius 3 is 2.82 bits per heavy atom. The second-order valence-electron chi connectivity index (χ2n) is 6.16. The Morgan fingerprint density at radius 2 is 2.11 bits per heavy atom. The van der Waals surface area contributed by atoms with Crippen LogP contribution in [0.5, 0.6) is 5.75 Å². The quantitative estimate of drug-likeness (QED) is 0.486. The highest BCUT2D eigenvalue weighted by molar-refractivity contribution is 9.10. The molecule has 8 heteroatoms. The summed E-state index contributed by atoms with van der Waals surface area (Å²) in [5.74, 6) is 1.15. The van der Waals surface area contributed by atoms with Gasteiger partial charge in [0.05, 0.1) is 11.6 Å². The zero-order valence-corrected chi connectivity index (χ0v) is 17.9. The fourth-order valence-corrected chi connectivity index (χ4v) is 3.39. The Bertz CT molecular complexity index is 1020. The minimum absolute atomic E-state index is 0.0887. The molecule has 0 fully saturated rings.